The van der Waals surface area contributed by atoms with E-state index in [1.165, 1.54) is 0 Å². The highest BCUT2D eigenvalue weighted by Crippen LogP contribution is 2.28. The summed E-state index contributed by atoms with van der Waals surface area (Å²) in [5, 5.41) is 9.76. The van der Waals surface area contributed by atoms with Gasteiger partial charge in [0.05, 0.1) is 0 Å². The molecule has 0 spiro atoms. The third-order valence-corrected chi connectivity index (χ3v) is 3.28. The lowest BCUT2D eigenvalue weighted by Crippen LogP contribution is -2.31. The molecule has 2 atom stereocenters. The standard InChI is InChI=1S/C13H21NO/c1-5-10(2)14(4)11(3)12-8-6-7-9-13(12)15/h6-11,15H,5H2,1-4H3. The highest BCUT2D eigenvalue weighted by Gasteiger charge is 2.18. The van der Waals surface area contributed by atoms with E-state index in [0.717, 1.165) is 12.0 Å². The van der Waals surface area contributed by atoms with Crippen LogP contribution in [0.3, 0.4) is 0 Å². The van der Waals surface area contributed by atoms with E-state index < -0.39 is 0 Å². The Morgan fingerprint density at radius 2 is 1.87 bits per heavy atom. The molecule has 1 rings (SSSR count). The molecular weight excluding hydrogens is 186 g/mol. The van der Waals surface area contributed by atoms with Gasteiger partial charge in [-0.2, -0.15) is 0 Å². The molecule has 0 saturated carbocycles. The van der Waals surface area contributed by atoms with E-state index >= 15 is 0 Å². The second kappa shape index (κ2) is 5.17. The minimum absolute atomic E-state index is 0.251. The van der Waals surface area contributed by atoms with E-state index in [1.807, 2.05) is 18.2 Å². The molecule has 2 unspecified atom stereocenters. The van der Waals surface area contributed by atoms with Crippen LogP contribution in [0.25, 0.3) is 0 Å². The van der Waals surface area contributed by atoms with Gasteiger partial charge in [-0.05, 0) is 33.4 Å². The fourth-order valence-electron chi connectivity index (χ4n) is 1.73. The lowest BCUT2D eigenvalue weighted by Gasteiger charge is -2.30. The third kappa shape index (κ3) is 2.72. The number of para-hydroxylation sites is 1. The maximum Gasteiger partial charge on any atom is 0.120 e. The predicted molar refractivity (Wildman–Crippen MR) is 64.0 cm³/mol. The van der Waals surface area contributed by atoms with Gasteiger partial charge < -0.3 is 5.11 Å². The molecule has 0 aliphatic carbocycles. The number of phenols is 1. The molecule has 1 aromatic rings. The van der Waals surface area contributed by atoms with Crippen LogP contribution in [0, 0.1) is 0 Å². The molecule has 15 heavy (non-hydrogen) atoms. The van der Waals surface area contributed by atoms with Gasteiger partial charge in [0, 0.05) is 17.6 Å². The Kier molecular flexibility index (Phi) is 4.15. The smallest absolute Gasteiger partial charge is 0.120 e. The highest BCUT2D eigenvalue weighted by atomic mass is 16.3. The molecule has 0 bridgehead atoms. The largest absolute Gasteiger partial charge is 0.508 e. The quantitative estimate of drug-likeness (QED) is 0.819. The molecule has 84 valence electrons. The molecule has 1 aromatic carbocycles. The third-order valence-electron chi connectivity index (χ3n) is 3.28. The summed E-state index contributed by atoms with van der Waals surface area (Å²) >= 11 is 0. The van der Waals surface area contributed by atoms with Gasteiger partial charge >= 0.3 is 0 Å². The Bertz CT molecular complexity index is 311. The first-order valence-electron chi connectivity index (χ1n) is 5.57. The number of aromatic hydroxyl groups is 1. The van der Waals surface area contributed by atoms with Gasteiger partial charge in [0.1, 0.15) is 5.75 Å². The Hall–Kier alpha value is -1.02. The van der Waals surface area contributed by atoms with Crippen LogP contribution in [0.1, 0.15) is 38.8 Å². The molecule has 0 aliphatic rings. The van der Waals surface area contributed by atoms with Crippen molar-refractivity contribution in [2.45, 2.75) is 39.3 Å². The van der Waals surface area contributed by atoms with Crippen LogP contribution < -0.4 is 0 Å². The van der Waals surface area contributed by atoms with Crippen LogP contribution in [0.2, 0.25) is 0 Å². The number of nitrogens with zero attached hydrogens (tertiary/aromatic N) is 1. The van der Waals surface area contributed by atoms with Crippen LogP contribution >= 0.6 is 0 Å². The second-order valence-electron chi connectivity index (χ2n) is 4.16. The lowest BCUT2D eigenvalue weighted by molar-refractivity contribution is 0.190. The molecule has 0 radical (unpaired) electrons. The van der Waals surface area contributed by atoms with Crippen molar-refractivity contribution in [2.75, 3.05) is 7.05 Å². The number of rotatable bonds is 4. The summed E-state index contributed by atoms with van der Waals surface area (Å²) in [6, 6.07) is 8.33. The summed E-state index contributed by atoms with van der Waals surface area (Å²) in [6.07, 6.45) is 1.12. The van der Waals surface area contributed by atoms with E-state index in [1.54, 1.807) is 6.07 Å². The van der Waals surface area contributed by atoms with Crippen molar-refractivity contribution in [3.63, 3.8) is 0 Å². The number of phenolic OH excluding ortho intramolecular Hbond substituents is 1. The number of benzene rings is 1. The SMILES string of the molecule is CCC(C)N(C)C(C)c1ccccc1O. The van der Waals surface area contributed by atoms with E-state index in [9.17, 15) is 5.11 Å². The van der Waals surface area contributed by atoms with Crippen LogP contribution in [-0.4, -0.2) is 23.1 Å². The van der Waals surface area contributed by atoms with Gasteiger partial charge in [-0.15, -0.1) is 0 Å². The van der Waals surface area contributed by atoms with Gasteiger partial charge in [-0.25, -0.2) is 0 Å². The fraction of sp³-hybridized carbons (Fsp3) is 0.538. The molecule has 0 fully saturated rings. The Morgan fingerprint density at radius 1 is 1.27 bits per heavy atom. The van der Waals surface area contributed by atoms with Gasteiger partial charge in [0.15, 0.2) is 0 Å². The average Bonchev–Trinajstić information content (AvgIpc) is 2.26. The van der Waals surface area contributed by atoms with Crippen molar-refractivity contribution in [2.24, 2.45) is 0 Å². The maximum atomic E-state index is 9.76. The molecule has 0 amide bonds. The summed E-state index contributed by atoms with van der Waals surface area (Å²) in [7, 11) is 2.10. The van der Waals surface area contributed by atoms with Crippen molar-refractivity contribution in [1.29, 1.82) is 0 Å². The van der Waals surface area contributed by atoms with E-state index in [0.29, 0.717) is 11.8 Å². The summed E-state index contributed by atoms with van der Waals surface area (Å²) in [4.78, 5) is 2.29. The van der Waals surface area contributed by atoms with E-state index in [-0.39, 0.29) is 6.04 Å². The molecule has 0 aromatic heterocycles. The first kappa shape index (κ1) is 12.1. The van der Waals surface area contributed by atoms with Gasteiger partial charge in [-0.1, -0.05) is 25.1 Å². The van der Waals surface area contributed by atoms with Crippen LogP contribution in [0.5, 0.6) is 5.75 Å². The topological polar surface area (TPSA) is 23.5 Å². The molecule has 2 nitrogen and oxygen atoms in total. The summed E-state index contributed by atoms with van der Waals surface area (Å²) in [5.41, 5.74) is 1.00. The normalized spacial score (nSPS) is 15.3. The molecule has 1 N–H and O–H groups in total. The average molecular weight is 207 g/mol. The van der Waals surface area contributed by atoms with Gasteiger partial charge in [0.25, 0.3) is 0 Å². The molecule has 0 heterocycles. The van der Waals surface area contributed by atoms with Crippen LogP contribution in [0.15, 0.2) is 24.3 Å². The second-order valence-corrected chi connectivity index (χ2v) is 4.16. The highest BCUT2D eigenvalue weighted by molar-refractivity contribution is 5.34. The Morgan fingerprint density at radius 3 is 2.40 bits per heavy atom. The van der Waals surface area contributed by atoms with Crippen molar-refractivity contribution >= 4 is 0 Å². The van der Waals surface area contributed by atoms with Crippen molar-refractivity contribution in [3.8, 4) is 5.75 Å². The zero-order valence-electron chi connectivity index (χ0n) is 10.1. The fourth-order valence-corrected chi connectivity index (χ4v) is 1.73. The lowest BCUT2D eigenvalue weighted by atomic mass is 10.0. The Balaban J connectivity index is 2.85. The van der Waals surface area contributed by atoms with Crippen molar-refractivity contribution < 1.29 is 5.11 Å². The Labute approximate surface area is 92.5 Å². The first-order valence-corrected chi connectivity index (χ1v) is 5.57. The van der Waals surface area contributed by atoms with E-state index in [2.05, 4.69) is 32.7 Å². The molecule has 0 aliphatic heterocycles. The number of hydrogen-bond acceptors (Lipinski definition) is 2. The molecule has 2 heteroatoms. The molecule has 0 saturated heterocycles. The zero-order valence-corrected chi connectivity index (χ0v) is 10.1. The summed E-state index contributed by atoms with van der Waals surface area (Å²) in [6.45, 7) is 6.51. The first-order chi connectivity index (χ1) is 7.07. The minimum atomic E-state index is 0.251. The van der Waals surface area contributed by atoms with Crippen molar-refractivity contribution in [1.82, 2.24) is 4.90 Å². The predicted octanol–water partition coefficient (Wildman–Crippen LogP) is 3.18. The van der Waals surface area contributed by atoms with Gasteiger partial charge in [-0.3, -0.25) is 4.90 Å². The van der Waals surface area contributed by atoms with Crippen LogP contribution in [0.4, 0.5) is 0 Å². The summed E-state index contributed by atoms with van der Waals surface area (Å²) < 4.78 is 0. The maximum absolute atomic E-state index is 9.76. The zero-order chi connectivity index (χ0) is 11.4. The minimum Gasteiger partial charge on any atom is -0.508 e. The van der Waals surface area contributed by atoms with Crippen LogP contribution in [-0.2, 0) is 0 Å². The monoisotopic (exact) mass is 207 g/mol. The van der Waals surface area contributed by atoms with Gasteiger partial charge in [0.2, 0.25) is 0 Å². The summed E-state index contributed by atoms with van der Waals surface area (Å²) in [5.74, 6) is 0.389. The van der Waals surface area contributed by atoms with E-state index in [4.69, 9.17) is 0 Å². The molecular formula is C13H21NO. The van der Waals surface area contributed by atoms with Crippen molar-refractivity contribution in [3.05, 3.63) is 29.8 Å². The number of hydrogen-bond donors (Lipinski definition) is 1.